The van der Waals surface area contributed by atoms with E-state index in [0.717, 1.165) is 40.3 Å². The molecule has 0 fully saturated rings. The molecule has 0 saturated carbocycles. The Labute approximate surface area is 128 Å². The van der Waals surface area contributed by atoms with Gasteiger partial charge in [-0.25, -0.2) is 9.56 Å². The second-order valence-corrected chi connectivity index (χ2v) is 6.30. The Morgan fingerprint density at radius 2 is 1.90 bits per heavy atom. The Morgan fingerprint density at radius 1 is 1.14 bits per heavy atom. The van der Waals surface area contributed by atoms with Crippen LogP contribution in [0.25, 0.3) is 20.8 Å². The minimum atomic E-state index is 0.833. The number of nitrogens with two attached hydrogens (primary N) is 1. The zero-order valence-electron chi connectivity index (χ0n) is 12.7. The minimum absolute atomic E-state index is 0.833. The van der Waals surface area contributed by atoms with Crippen molar-refractivity contribution in [2.24, 2.45) is 0 Å². The van der Waals surface area contributed by atoms with Crippen LogP contribution in [0.1, 0.15) is 19.4 Å². The van der Waals surface area contributed by atoms with Gasteiger partial charge in [0, 0.05) is 17.8 Å². The summed E-state index contributed by atoms with van der Waals surface area (Å²) in [4.78, 5) is 5.97. The van der Waals surface area contributed by atoms with Crippen LogP contribution in [0.3, 0.4) is 0 Å². The average molecular weight is 298 g/mol. The van der Waals surface area contributed by atoms with E-state index in [1.54, 1.807) is 11.3 Å². The molecular formula is C17H20N3S+. The van der Waals surface area contributed by atoms with Gasteiger partial charge in [-0.05, 0) is 44.5 Å². The van der Waals surface area contributed by atoms with Gasteiger partial charge in [0.1, 0.15) is 13.1 Å². The van der Waals surface area contributed by atoms with Gasteiger partial charge >= 0.3 is 0 Å². The van der Waals surface area contributed by atoms with Gasteiger partial charge in [0.25, 0.3) is 0 Å². The highest BCUT2D eigenvalue weighted by Gasteiger charge is 2.10. The van der Waals surface area contributed by atoms with Crippen LogP contribution >= 0.6 is 11.3 Å². The third kappa shape index (κ3) is 2.51. The molecule has 1 aliphatic heterocycles. The van der Waals surface area contributed by atoms with Crippen molar-refractivity contribution in [2.45, 2.75) is 20.8 Å². The van der Waals surface area contributed by atoms with Gasteiger partial charge in [-0.1, -0.05) is 0 Å². The maximum absolute atomic E-state index is 6.02. The minimum Gasteiger partial charge on any atom is -0.398 e. The highest BCUT2D eigenvalue weighted by atomic mass is 32.1. The van der Waals surface area contributed by atoms with E-state index >= 15 is 0 Å². The molecule has 2 aliphatic rings. The molecule has 1 aromatic rings. The fourth-order valence-corrected chi connectivity index (χ4v) is 3.60. The van der Waals surface area contributed by atoms with Gasteiger partial charge in [-0.3, -0.25) is 0 Å². The Hall–Kier alpha value is -1.94. The number of aromatic nitrogens is 1. The fraction of sp³-hybridized carbons (Fsp3) is 0.294. The number of anilines is 1. The monoisotopic (exact) mass is 298 g/mol. The molecule has 1 aromatic carbocycles. The molecule has 3 nitrogen and oxygen atoms in total. The number of nitrogen functional groups attached to an aromatic ring is 1. The van der Waals surface area contributed by atoms with E-state index in [9.17, 15) is 0 Å². The fourth-order valence-electron chi connectivity index (χ4n) is 2.57. The third-order valence-electron chi connectivity index (χ3n) is 3.88. The van der Waals surface area contributed by atoms with Crippen LogP contribution in [-0.4, -0.2) is 18.1 Å². The molecule has 0 bridgehead atoms. The summed E-state index contributed by atoms with van der Waals surface area (Å²) in [5.74, 6) is 0. The summed E-state index contributed by atoms with van der Waals surface area (Å²) < 4.78 is 3.49. The van der Waals surface area contributed by atoms with Crippen LogP contribution in [0.5, 0.6) is 0 Å². The number of nitrogens with zero attached hydrogens (tertiary/aromatic N) is 2. The first-order valence-electron chi connectivity index (χ1n) is 7.31. The second-order valence-electron chi connectivity index (χ2n) is 5.21. The number of aryl methyl sites for hydroxylation is 1. The molecule has 0 saturated heterocycles. The van der Waals surface area contributed by atoms with Crippen molar-refractivity contribution < 1.29 is 0 Å². The lowest BCUT2D eigenvalue weighted by atomic mass is 10.2. The number of fused-ring (bicyclic) bond motifs is 2. The first-order chi connectivity index (χ1) is 10.1. The SMILES string of the molecule is CC[N+](CC)=c1ccc2nc3cc(C)c(N)cc3sc-2c1. The molecular weight excluding hydrogens is 278 g/mol. The Morgan fingerprint density at radius 3 is 2.62 bits per heavy atom. The molecule has 0 unspecified atom stereocenters. The molecule has 21 heavy (non-hydrogen) atoms. The van der Waals surface area contributed by atoms with Crippen molar-refractivity contribution in [2.75, 3.05) is 18.8 Å². The van der Waals surface area contributed by atoms with Crippen LogP contribution in [0.4, 0.5) is 5.69 Å². The summed E-state index contributed by atoms with van der Waals surface area (Å²) in [6, 6.07) is 10.6. The topological polar surface area (TPSA) is 41.9 Å². The van der Waals surface area contributed by atoms with Crippen LogP contribution in [-0.2, 0) is 0 Å². The largest absolute Gasteiger partial charge is 0.398 e. The molecule has 3 rings (SSSR count). The molecule has 108 valence electrons. The molecule has 0 radical (unpaired) electrons. The Kier molecular flexibility index (Phi) is 3.64. The third-order valence-corrected chi connectivity index (χ3v) is 4.97. The highest BCUT2D eigenvalue weighted by Crippen LogP contribution is 2.31. The zero-order valence-corrected chi connectivity index (χ0v) is 13.5. The predicted molar refractivity (Wildman–Crippen MR) is 91.7 cm³/mol. The summed E-state index contributed by atoms with van der Waals surface area (Å²) in [6.07, 6.45) is 0. The number of rotatable bonds is 2. The molecule has 0 spiro atoms. The Balaban J connectivity index is 2.32. The lowest BCUT2D eigenvalue weighted by Gasteiger charge is -2.08. The smallest absolute Gasteiger partial charge is 0.201 e. The highest BCUT2D eigenvalue weighted by molar-refractivity contribution is 7.21. The van der Waals surface area contributed by atoms with Crippen LogP contribution < -0.4 is 15.7 Å². The number of hydrogen-bond acceptors (Lipinski definition) is 3. The molecule has 2 N–H and O–H groups in total. The van der Waals surface area contributed by atoms with Crippen LogP contribution in [0, 0.1) is 6.92 Å². The van der Waals surface area contributed by atoms with Crippen molar-refractivity contribution in [3.63, 3.8) is 0 Å². The number of hydrogen-bond donors (Lipinski definition) is 1. The van der Waals surface area contributed by atoms with Crippen molar-refractivity contribution in [3.05, 3.63) is 41.3 Å². The molecule has 1 heterocycles. The van der Waals surface area contributed by atoms with E-state index < -0.39 is 0 Å². The maximum atomic E-state index is 6.02. The normalized spacial score (nSPS) is 11.2. The van der Waals surface area contributed by atoms with Crippen molar-refractivity contribution in [3.8, 4) is 10.6 Å². The van der Waals surface area contributed by atoms with Crippen molar-refractivity contribution >= 4 is 27.2 Å². The molecule has 0 amide bonds. The molecule has 4 heteroatoms. The van der Waals surface area contributed by atoms with Gasteiger partial charge in [-0.2, -0.15) is 0 Å². The lowest BCUT2D eigenvalue weighted by Crippen LogP contribution is -2.29. The average Bonchev–Trinajstić information content (AvgIpc) is 2.48. The summed E-state index contributed by atoms with van der Waals surface area (Å²) >= 11 is 1.76. The van der Waals surface area contributed by atoms with E-state index in [-0.39, 0.29) is 0 Å². The maximum Gasteiger partial charge on any atom is 0.201 e. The zero-order chi connectivity index (χ0) is 15.0. The second kappa shape index (κ2) is 5.45. The van der Waals surface area contributed by atoms with Gasteiger partial charge in [0.2, 0.25) is 5.36 Å². The standard InChI is InChI=1S/C17H19N3S/c1-4-20(5-2)12-6-7-14-16(9-12)21-17-10-13(18)11(3)8-15(17)19-14/h6-10,18H,4-5H2,1-3H3/p+1. The van der Waals surface area contributed by atoms with E-state index in [1.165, 1.54) is 10.2 Å². The van der Waals surface area contributed by atoms with E-state index in [1.807, 2.05) is 13.0 Å². The molecule has 0 atom stereocenters. The van der Waals surface area contributed by atoms with Crippen LogP contribution in [0.15, 0.2) is 30.3 Å². The summed E-state index contributed by atoms with van der Waals surface area (Å²) in [5.41, 5.74) is 10.0. The summed E-state index contributed by atoms with van der Waals surface area (Å²) in [5, 5.41) is 1.25. The van der Waals surface area contributed by atoms with Crippen molar-refractivity contribution in [1.29, 1.82) is 0 Å². The van der Waals surface area contributed by atoms with Gasteiger partial charge in [0.15, 0.2) is 0 Å². The first-order valence-corrected chi connectivity index (χ1v) is 8.12. The van der Waals surface area contributed by atoms with Crippen LogP contribution in [0.2, 0.25) is 0 Å². The van der Waals surface area contributed by atoms with Gasteiger partial charge in [-0.15, -0.1) is 11.3 Å². The van der Waals surface area contributed by atoms with Gasteiger partial charge < -0.3 is 5.73 Å². The number of benzene rings is 2. The van der Waals surface area contributed by atoms with E-state index in [4.69, 9.17) is 10.7 Å². The van der Waals surface area contributed by atoms with Crippen molar-refractivity contribution in [1.82, 2.24) is 9.56 Å². The summed E-state index contributed by atoms with van der Waals surface area (Å²) in [7, 11) is 0. The lowest BCUT2D eigenvalue weighted by molar-refractivity contribution is 0.626. The molecule has 0 aromatic heterocycles. The molecule has 1 aliphatic carbocycles. The predicted octanol–water partition coefficient (Wildman–Crippen LogP) is 3.10. The first kappa shape index (κ1) is 14.0. The van der Waals surface area contributed by atoms with Gasteiger partial charge in [0.05, 0.1) is 20.8 Å². The Bertz CT molecular complexity index is 842. The quantitative estimate of drug-likeness (QED) is 0.449. The summed E-state index contributed by atoms with van der Waals surface area (Å²) in [6.45, 7) is 8.41. The van der Waals surface area contributed by atoms with E-state index in [2.05, 4.69) is 42.7 Å². The van der Waals surface area contributed by atoms with E-state index in [0.29, 0.717) is 0 Å².